The summed E-state index contributed by atoms with van der Waals surface area (Å²) in [6.45, 7) is 5.07. The van der Waals surface area contributed by atoms with Gasteiger partial charge >= 0.3 is 0 Å². The monoisotopic (exact) mass is 254 g/mol. The molecule has 0 spiro atoms. The van der Waals surface area contributed by atoms with Gasteiger partial charge in [-0.05, 0) is 43.5 Å². The molecule has 0 saturated carbocycles. The fourth-order valence-electron chi connectivity index (χ4n) is 1.86. The summed E-state index contributed by atoms with van der Waals surface area (Å²) in [6.07, 6.45) is 1.97. The number of nitrogens with one attached hydrogen (secondary N) is 2. The van der Waals surface area contributed by atoms with Crippen molar-refractivity contribution in [2.45, 2.75) is 32.7 Å². The number of anilines is 1. The fraction of sp³-hybridized carbons (Fsp3) is 0.462. The number of carbonyl (C=O) groups excluding carboxylic acids is 1. The molecule has 1 aromatic rings. The van der Waals surface area contributed by atoms with Gasteiger partial charge in [-0.1, -0.05) is 6.92 Å². The van der Waals surface area contributed by atoms with Crippen molar-refractivity contribution in [3.8, 4) is 0 Å². The van der Waals surface area contributed by atoms with E-state index in [2.05, 4.69) is 17.6 Å². The van der Waals surface area contributed by atoms with Crippen LogP contribution in [0.5, 0.6) is 0 Å². The highest BCUT2D eigenvalue weighted by Crippen LogP contribution is 2.22. The Hall–Kier alpha value is -1.22. The van der Waals surface area contributed by atoms with Gasteiger partial charge in [-0.25, -0.2) is 0 Å². The minimum absolute atomic E-state index is 0. The Morgan fingerprint density at radius 2 is 2.29 bits per heavy atom. The normalized spacial score (nSPS) is 14.2. The number of rotatable bonds is 3. The van der Waals surface area contributed by atoms with Crippen LogP contribution in [-0.2, 0) is 6.42 Å². The molecule has 1 atom stereocenters. The number of halogens is 1. The van der Waals surface area contributed by atoms with E-state index in [1.54, 1.807) is 0 Å². The Kier molecular flexibility index (Phi) is 4.82. The highest BCUT2D eigenvalue weighted by atomic mass is 35.5. The van der Waals surface area contributed by atoms with Gasteiger partial charge in [0.2, 0.25) is 0 Å². The summed E-state index contributed by atoms with van der Waals surface area (Å²) in [4.78, 5) is 11.9. The zero-order valence-corrected chi connectivity index (χ0v) is 11.1. The van der Waals surface area contributed by atoms with E-state index >= 15 is 0 Å². The van der Waals surface area contributed by atoms with Crippen molar-refractivity contribution in [2.24, 2.45) is 0 Å². The lowest BCUT2D eigenvalue weighted by Gasteiger charge is -2.11. The van der Waals surface area contributed by atoms with Crippen molar-refractivity contribution in [3.05, 3.63) is 29.3 Å². The smallest absolute Gasteiger partial charge is 0.251 e. The first-order valence-electron chi connectivity index (χ1n) is 5.88. The van der Waals surface area contributed by atoms with Crippen LogP contribution in [0.3, 0.4) is 0 Å². The summed E-state index contributed by atoms with van der Waals surface area (Å²) in [5, 5.41) is 6.26. The third-order valence-electron chi connectivity index (χ3n) is 3.07. The summed E-state index contributed by atoms with van der Waals surface area (Å²) >= 11 is 0. The number of hydrogen-bond acceptors (Lipinski definition) is 2. The maximum Gasteiger partial charge on any atom is 0.251 e. The first-order valence-corrected chi connectivity index (χ1v) is 5.88. The fourth-order valence-corrected chi connectivity index (χ4v) is 1.86. The quantitative estimate of drug-likeness (QED) is 0.871. The van der Waals surface area contributed by atoms with E-state index in [1.165, 1.54) is 11.3 Å². The molecule has 1 aromatic carbocycles. The van der Waals surface area contributed by atoms with Gasteiger partial charge in [0.15, 0.2) is 0 Å². The summed E-state index contributed by atoms with van der Waals surface area (Å²) in [5.41, 5.74) is 3.18. The predicted octanol–water partition coefficient (Wildman–Crippen LogP) is 2.60. The van der Waals surface area contributed by atoms with Crippen LogP contribution in [0, 0.1) is 0 Å². The Labute approximate surface area is 108 Å². The number of benzene rings is 1. The van der Waals surface area contributed by atoms with Gasteiger partial charge in [0.05, 0.1) is 0 Å². The average molecular weight is 255 g/mol. The van der Waals surface area contributed by atoms with Crippen LogP contribution in [0.4, 0.5) is 5.69 Å². The van der Waals surface area contributed by atoms with Crippen LogP contribution in [-0.4, -0.2) is 18.5 Å². The van der Waals surface area contributed by atoms with Gasteiger partial charge in [-0.3, -0.25) is 4.79 Å². The first kappa shape index (κ1) is 13.8. The van der Waals surface area contributed by atoms with Gasteiger partial charge in [0.25, 0.3) is 5.91 Å². The van der Waals surface area contributed by atoms with Gasteiger partial charge in [0, 0.05) is 23.8 Å². The Morgan fingerprint density at radius 3 is 3.00 bits per heavy atom. The lowest BCUT2D eigenvalue weighted by molar-refractivity contribution is 0.0939. The van der Waals surface area contributed by atoms with Crippen LogP contribution in [0.1, 0.15) is 36.2 Å². The molecule has 1 heterocycles. The number of carbonyl (C=O) groups is 1. The largest absolute Gasteiger partial charge is 0.384 e. The van der Waals surface area contributed by atoms with Crippen molar-refractivity contribution in [1.82, 2.24) is 5.32 Å². The Bertz CT molecular complexity index is 406. The van der Waals surface area contributed by atoms with E-state index in [1.807, 2.05) is 25.1 Å². The zero-order valence-electron chi connectivity index (χ0n) is 10.2. The Balaban J connectivity index is 0.00000144. The molecule has 0 bridgehead atoms. The van der Waals surface area contributed by atoms with Crippen LogP contribution in [0.15, 0.2) is 18.2 Å². The van der Waals surface area contributed by atoms with Gasteiger partial charge in [-0.15, -0.1) is 12.4 Å². The third-order valence-corrected chi connectivity index (χ3v) is 3.07. The molecule has 0 radical (unpaired) electrons. The SMILES string of the molecule is CCC(C)NC(=O)c1ccc2c(c1)CCN2.Cl. The van der Waals surface area contributed by atoms with Crippen molar-refractivity contribution in [1.29, 1.82) is 0 Å². The van der Waals surface area contributed by atoms with E-state index in [0.29, 0.717) is 0 Å². The summed E-state index contributed by atoms with van der Waals surface area (Å²) < 4.78 is 0. The molecule has 1 unspecified atom stereocenters. The summed E-state index contributed by atoms with van der Waals surface area (Å²) in [5.74, 6) is 0.0315. The predicted molar refractivity (Wildman–Crippen MR) is 73.1 cm³/mol. The molecule has 0 fully saturated rings. The minimum Gasteiger partial charge on any atom is -0.384 e. The highest BCUT2D eigenvalue weighted by Gasteiger charge is 2.14. The number of hydrogen-bond donors (Lipinski definition) is 2. The van der Waals surface area contributed by atoms with Crippen LogP contribution in [0.25, 0.3) is 0 Å². The number of fused-ring (bicyclic) bond motifs is 1. The lowest BCUT2D eigenvalue weighted by atomic mass is 10.1. The van der Waals surface area contributed by atoms with Gasteiger partial charge in [0.1, 0.15) is 0 Å². The van der Waals surface area contributed by atoms with E-state index in [4.69, 9.17) is 0 Å². The summed E-state index contributed by atoms with van der Waals surface area (Å²) in [6, 6.07) is 6.11. The Morgan fingerprint density at radius 1 is 1.53 bits per heavy atom. The maximum atomic E-state index is 11.9. The zero-order chi connectivity index (χ0) is 11.5. The molecule has 2 rings (SSSR count). The number of amides is 1. The van der Waals surface area contributed by atoms with Crippen molar-refractivity contribution in [2.75, 3.05) is 11.9 Å². The third kappa shape index (κ3) is 3.13. The van der Waals surface area contributed by atoms with E-state index in [9.17, 15) is 4.79 Å². The second-order valence-electron chi connectivity index (χ2n) is 4.33. The molecule has 0 saturated heterocycles. The topological polar surface area (TPSA) is 41.1 Å². The van der Waals surface area contributed by atoms with Crippen LogP contribution < -0.4 is 10.6 Å². The van der Waals surface area contributed by atoms with E-state index in [0.717, 1.165) is 24.9 Å². The highest BCUT2D eigenvalue weighted by molar-refractivity contribution is 5.95. The minimum atomic E-state index is 0. The van der Waals surface area contributed by atoms with E-state index in [-0.39, 0.29) is 24.4 Å². The molecule has 17 heavy (non-hydrogen) atoms. The average Bonchev–Trinajstić information content (AvgIpc) is 2.75. The molecule has 2 N–H and O–H groups in total. The van der Waals surface area contributed by atoms with Crippen LogP contribution in [0.2, 0.25) is 0 Å². The second kappa shape index (κ2) is 5.92. The molecule has 1 aliphatic heterocycles. The van der Waals surface area contributed by atoms with Gasteiger partial charge in [-0.2, -0.15) is 0 Å². The van der Waals surface area contributed by atoms with Crippen molar-refractivity contribution >= 4 is 24.0 Å². The molecule has 3 nitrogen and oxygen atoms in total. The first-order chi connectivity index (χ1) is 7.70. The lowest BCUT2D eigenvalue weighted by Crippen LogP contribution is -2.31. The molecular weight excluding hydrogens is 236 g/mol. The molecule has 0 aromatic heterocycles. The molecule has 94 valence electrons. The van der Waals surface area contributed by atoms with Gasteiger partial charge < -0.3 is 10.6 Å². The molecular formula is C13H19ClN2O. The molecule has 1 amide bonds. The van der Waals surface area contributed by atoms with Crippen molar-refractivity contribution < 1.29 is 4.79 Å². The van der Waals surface area contributed by atoms with Crippen LogP contribution >= 0.6 is 12.4 Å². The second-order valence-corrected chi connectivity index (χ2v) is 4.33. The maximum absolute atomic E-state index is 11.9. The molecule has 0 aliphatic carbocycles. The van der Waals surface area contributed by atoms with Crippen molar-refractivity contribution in [3.63, 3.8) is 0 Å². The van der Waals surface area contributed by atoms with E-state index < -0.39 is 0 Å². The summed E-state index contributed by atoms with van der Waals surface area (Å²) in [7, 11) is 0. The molecule has 4 heteroatoms. The molecule has 1 aliphatic rings. The standard InChI is InChI=1S/C13H18N2O.ClH/c1-3-9(2)15-13(16)11-4-5-12-10(8-11)6-7-14-12;/h4-5,8-9,14H,3,6-7H2,1-2H3,(H,15,16);1H.